The number of aromatic nitrogens is 2. The van der Waals surface area contributed by atoms with Gasteiger partial charge in [0.25, 0.3) is 10.0 Å². The summed E-state index contributed by atoms with van der Waals surface area (Å²) in [6, 6.07) is 8.67. The molecule has 1 unspecified atom stereocenters. The van der Waals surface area contributed by atoms with Crippen LogP contribution in [0.25, 0.3) is 0 Å². The summed E-state index contributed by atoms with van der Waals surface area (Å²) in [5, 5.41) is 0.154. The van der Waals surface area contributed by atoms with Gasteiger partial charge >= 0.3 is 0 Å². The molecule has 5 nitrogen and oxygen atoms in total. The zero-order valence-electron chi connectivity index (χ0n) is 14.1. The maximum Gasteiger partial charge on any atom is 0.262 e. The molecule has 6 heteroatoms. The highest BCUT2D eigenvalue weighted by molar-refractivity contribution is 7.89. The van der Waals surface area contributed by atoms with Crippen LogP contribution >= 0.6 is 0 Å². The lowest BCUT2D eigenvalue weighted by atomic mass is 9.69. The predicted molar refractivity (Wildman–Crippen MR) is 92.2 cm³/mol. The van der Waals surface area contributed by atoms with Crippen molar-refractivity contribution in [3.63, 3.8) is 0 Å². The number of aryl methyl sites for hydroxylation is 1. The van der Waals surface area contributed by atoms with Crippen LogP contribution in [-0.4, -0.2) is 35.4 Å². The van der Waals surface area contributed by atoms with E-state index in [2.05, 4.69) is 36.2 Å². The van der Waals surface area contributed by atoms with Gasteiger partial charge in [0.1, 0.15) is 0 Å². The number of nitrogens with zero attached hydrogens (tertiary/aromatic N) is 3. The number of hydrogen-bond acceptors (Lipinski definition) is 3. The van der Waals surface area contributed by atoms with E-state index in [1.807, 2.05) is 0 Å². The molecule has 1 aliphatic carbocycles. The van der Waals surface area contributed by atoms with Crippen LogP contribution in [0.1, 0.15) is 30.9 Å². The Morgan fingerprint density at radius 3 is 2.58 bits per heavy atom. The van der Waals surface area contributed by atoms with Crippen molar-refractivity contribution in [1.82, 2.24) is 13.9 Å². The molecular formula is C18H23N3O2S. The first-order valence-electron chi connectivity index (χ1n) is 8.50. The van der Waals surface area contributed by atoms with E-state index in [-0.39, 0.29) is 10.4 Å². The minimum atomic E-state index is -3.48. The van der Waals surface area contributed by atoms with Crippen molar-refractivity contribution < 1.29 is 8.42 Å². The van der Waals surface area contributed by atoms with Gasteiger partial charge in [-0.3, -0.25) is 0 Å². The first-order valence-corrected chi connectivity index (χ1v) is 9.94. The predicted octanol–water partition coefficient (Wildman–Crippen LogP) is 2.33. The van der Waals surface area contributed by atoms with Crippen molar-refractivity contribution in [2.45, 2.75) is 36.6 Å². The number of imidazole rings is 1. The second-order valence-electron chi connectivity index (χ2n) is 7.20. The van der Waals surface area contributed by atoms with Gasteiger partial charge < -0.3 is 4.57 Å². The summed E-state index contributed by atoms with van der Waals surface area (Å²) in [4.78, 5) is 4.04. The zero-order chi connectivity index (χ0) is 16.9. The summed E-state index contributed by atoms with van der Waals surface area (Å²) in [5.74, 6) is 0.564. The number of hydrogen-bond donors (Lipinski definition) is 0. The van der Waals surface area contributed by atoms with Gasteiger partial charge in [-0.25, -0.2) is 13.4 Å². The lowest BCUT2D eigenvalue weighted by Gasteiger charge is -2.42. The molecule has 2 aromatic rings. The van der Waals surface area contributed by atoms with Crippen molar-refractivity contribution in [3.8, 4) is 0 Å². The SMILES string of the molecule is CC1Cc2ccccc2C12CCN(S(=O)(=O)c1cn(C)cn1)CC2. The van der Waals surface area contributed by atoms with E-state index in [4.69, 9.17) is 0 Å². The average Bonchev–Trinajstić information content (AvgIpc) is 3.12. The van der Waals surface area contributed by atoms with Gasteiger partial charge in [-0.05, 0) is 36.3 Å². The second-order valence-corrected chi connectivity index (χ2v) is 9.08. The van der Waals surface area contributed by atoms with Gasteiger partial charge in [0.2, 0.25) is 0 Å². The summed E-state index contributed by atoms with van der Waals surface area (Å²) in [6.07, 6.45) is 5.98. The molecule has 0 radical (unpaired) electrons. The first kappa shape index (κ1) is 15.8. The standard InChI is InChI=1S/C18H23N3O2S/c1-14-11-15-5-3-4-6-16(15)18(14)7-9-21(10-8-18)24(22,23)17-12-20(2)13-19-17/h3-6,12-14H,7-11H2,1-2H3. The van der Waals surface area contributed by atoms with E-state index < -0.39 is 10.0 Å². The Kier molecular flexibility index (Phi) is 3.58. The van der Waals surface area contributed by atoms with Gasteiger partial charge in [-0.15, -0.1) is 0 Å². The molecule has 0 bridgehead atoms. The number of piperidine rings is 1. The Balaban J connectivity index is 1.60. The van der Waals surface area contributed by atoms with Crippen LogP contribution in [0.2, 0.25) is 0 Å². The zero-order valence-corrected chi connectivity index (χ0v) is 15.0. The van der Waals surface area contributed by atoms with Gasteiger partial charge in [-0.2, -0.15) is 4.31 Å². The molecule has 1 aromatic heterocycles. The summed E-state index contributed by atoms with van der Waals surface area (Å²) < 4.78 is 28.8. The van der Waals surface area contributed by atoms with Crippen molar-refractivity contribution in [2.75, 3.05) is 13.1 Å². The van der Waals surface area contributed by atoms with E-state index in [9.17, 15) is 8.42 Å². The van der Waals surface area contributed by atoms with Crippen LogP contribution in [0, 0.1) is 5.92 Å². The maximum absolute atomic E-state index is 12.8. The van der Waals surface area contributed by atoms with Gasteiger partial charge in [-0.1, -0.05) is 31.2 Å². The monoisotopic (exact) mass is 345 g/mol. The van der Waals surface area contributed by atoms with Crippen molar-refractivity contribution in [2.24, 2.45) is 13.0 Å². The third-order valence-corrected chi connectivity index (χ3v) is 7.71. The van der Waals surface area contributed by atoms with E-state index in [0.717, 1.165) is 19.3 Å². The van der Waals surface area contributed by atoms with Crippen LogP contribution < -0.4 is 0 Å². The lowest BCUT2D eigenvalue weighted by molar-refractivity contribution is 0.184. The Bertz CT molecular complexity index is 864. The molecule has 1 atom stereocenters. The molecule has 24 heavy (non-hydrogen) atoms. The van der Waals surface area contributed by atoms with E-state index in [1.54, 1.807) is 22.1 Å². The third kappa shape index (κ3) is 2.24. The molecule has 2 aliphatic rings. The van der Waals surface area contributed by atoms with Crippen LogP contribution in [0.3, 0.4) is 0 Å². The Hall–Kier alpha value is -1.66. The summed E-state index contributed by atoms with van der Waals surface area (Å²) in [5.41, 5.74) is 3.01. The van der Waals surface area contributed by atoms with Crippen molar-refractivity contribution in [3.05, 3.63) is 47.9 Å². The summed E-state index contributed by atoms with van der Waals surface area (Å²) in [6.45, 7) is 3.44. The van der Waals surface area contributed by atoms with Crippen molar-refractivity contribution in [1.29, 1.82) is 0 Å². The molecule has 4 rings (SSSR count). The number of rotatable bonds is 2. The smallest absolute Gasteiger partial charge is 0.262 e. The molecule has 1 spiro atoms. The molecule has 0 N–H and O–H groups in total. The summed E-state index contributed by atoms with van der Waals surface area (Å²) in [7, 11) is -1.69. The van der Waals surface area contributed by atoms with Crippen LogP contribution in [0.4, 0.5) is 0 Å². The fourth-order valence-electron chi connectivity index (χ4n) is 4.52. The number of benzene rings is 1. The molecule has 1 aromatic carbocycles. The maximum atomic E-state index is 12.8. The first-order chi connectivity index (χ1) is 11.4. The topological polar surface area (TPSA) is 55.2 Å². The van der Waals surface area contributed by atoms with E-state index in [0.29, 0.717) is 19.0 Å². The quantitative estimate of drug-likeness (QED) is 0.839. The van der Waals surface area contributed by atoms with Gasteiger partial charge in [0.15, 0.2) is 5.03 Å². The lowest BCUT2D eigenvalue weighted by Crippen LogP contribution is -2.46. The molecule has 128 valence electrons. The summed E-state index contributed by atoms with van der Waals surface area (Å²) >= 11 is 0. The Morgan fingerprint density at radius 2 is 1.92 bits per heavy atom. The minimum Gasteiger partial charge on any atom is -0.339 e. The van der Waals surface area contributed by atoms with Crippen LogP contribution in [-0.2, 0) is 28.9 Å². The number of fused-ring (bicyclic) bond motifs is 2. The van der Waals surface area contributed by atoms with Gasteiger partial charge in [0, 0.05) is 31.7 Å². The highest BCUT2D eigenvalue weighted by Crippen LogP contribution is 2.50. The molecule has 1 saturated heterocycles. The third-order valence-electron chi connectivity index (χ3n) is 5.92. The van der Waals surface area contributed by atoms with Crippen molar-refractivity contribution >= 4 is 10.0 Å². The highest BCUT2D eigenvalue weighted by atomic mass is 32.2. The number of sulfonamides is 1. The van der Waals surface area contributed by atoms with Crippen LogP contribution in [0.15, 0.2) is 41.8 Å². The fraction of sp³-hybridized carbons (Fsp3) is 0.500. The van der Waals surface area contributed by atoms with E-state index in [1.165, 1.54) is 17.5 Å². The highest BCUT2D eigenvalue weighted by Gasteiger charge is 2.47. The molecule has 1 aliphatic heterocycles. The Labute approximate surface area is 143 Å². The average molecular weight is 345 g/mol. The molecule has 0 amide bonds. The Morgan fingerprint density at radius 1 is 1.21 bits per heavy atom. The largest absolute Gasteiger partial charge is 0.339 e. The fourth-order valence-corrected chi connectivity index (χ4v) is 5.92. The van der Waals surface area contributed by atoms with E-state index >= 15 is 0 Å². The molecule has 2 heterocycles. The minimum absolute atomic E-state index is 0.132. The molecule has 0 saturated carbocycles. The second kappa shape index (κ2) is 5.43. The van der Waals surface area contributed by atoms with Crippen LogP contribution in [0.5, 0.6) is 0 Å². The van der Waals surface area contributed by atoms with Gasteiger partial charge in [0.05, 0.1) is 6.33 Å². The normalized spacial score (nSPS) is 23.5. The molecular weight excluding hydrogens is 322 g/mol. The molecule has 1 fully saturated rings.